The Hall–Kier alpha value is -0.870. The molecule has 2 heterocycles. The summed E-state index contributed by atoms with van der Waals surface area (Å²) in [4.78, 5) is 6.63. The van der Waals surface area contributed by atoms with Gasteiger partial charge >= 0.3 is 0 Å². The van der Waals surface area contributed by atoms with Crippen molar-refractivity contribution in [1.82, 2.24) is 20.7 Å². The van der Waals surface area contributed by atoms with Gasteiger partial charge in [0, 0.05) is 44.3 Å². The molecule has 0 amide bonds. The maximum absolute atomic E-state index is 5.53. The van der Waals surface area contributed by atoms with E-state index in [-0.39, 0.29) is 29.5 Å². The predicted molar refractivity (Wildman–Crippen MR) is 120 cm³/mol. The van der Waals surface area contributed by atoms with Crippen LogP contribution in [0.25, 0.3) is 0 Å². The number of guanidine groups is 1. The number of aliphatic imine (C=N–C) groups is 1. The van der Waals surface area contributed by atoms with Gasteiger partial charge < -0.3 is 24.8 Å². The van der Waals surface area contributed by atoms with Crippen molar-refractivity contribution in [1.29, 1.82) is 0 Å². The molecule has 2 rings (SSSR count). The third kappa shape index (κ3) is 6.60. The van der Waals surface area contributed by atoms with Crippen LogP contribution in [0.1, 0.15) is 56.9 Å². The average molecular weight is 493 g/mol. The van der Waals surface area contributed by atoms with E-state index >= 15 is 0 Å². The Labute approximate surface area is 180 Å². The second kappa shape index (κ2) is 11.9. The molecule has 1 saturated heterocycles. The van der Waals surface area contributed by atoms with Gasteiger partial charge in [-0.05, 0) is 39.8 Å². The summed E-state index contributed by atoms with van der Waals surface area (Å²) in [6.45, 7) is 7.39. The first-order valence-corrected chi connectivity index (χ1v) is 9.69. The van der Waals surface area contributed by atoms with Crippen LogP contribution >= 0.6 is 24.0 Å². The van der Waals surface area contributed by atoms with E-state index in [0.29, 0.717) is 12.5 Å². The minimum absolute atomic E-state index is 0. The van der Waals surface area contributed by atoms with Gasteiger partial charge in [0.05, 0.1) is 12.2 Å². The minimum atomic E-state index is 0. The number of ether oxygens (including phenoxy) is 1. The Kier molecular flexibility index (Phi) is 10.6. The highest BCUT2D eigenvalue weighted by Gasteiger charge is 2.34. The van der Waals surface area contributed by atoms with E-state index < -0.39 is 0 Å². The van der Waals surface area contributed by atoms with Crippen LogP contribution in [-0.4, -0.2) is 62.5 Å². The molecule has 0 saturated carbocycles. The number of hydrogen-bond acceptors (Lipinski definition) is 5. The molecule has 8 heteroatoms. The first kappa shape index (κ1) is 24.2. The molecule has 0 spiro atoms. The van der Waals surface area contributed by atoms with Crippen LogP contribution in [0.5, 0.6) is 0 Å². The first-order chi connectivity index (χ1) is 12.5. The Morgan fingerprint density at radius 2 is 1.93 bits per heavy atom. The van der Waals surface area contributed by atoms with Gasteiger partial charge in [-0.1, -0.05) is 19.0 Å². The van der Waals surface area contributed by atoms with E-state index in [2.05, 4.69) is 59.7 Å². The van der Waals surface area contributed by atoms with E-state index in [9.17, 15) is 0 Å². The zero-order valence-electron chi connectivity index (χ0n) is 17.4. The van der Waals surface area contributed by atoms with Gasteiger partial charge in [-0.25, -0.2) is 0 Å². The number of hydrogen-bond donors (Lipinski definition) is 2. The average Bonchev–Trinajstić information content (AvgIpc) is 3.12. The van der Waals surface area contributed by atoms with Gasteiger partial charge in [0.25, 0.3) is 0 Å². The van der Waals surface area contributed by atoms with Crippen LogP contribution < -0.4 is 10.6 Å². The predicted octanol–water partition coefficient (Wildman–Crippen LogP) is 2.97. The summed E-state index contributed by atoms with van der Waals surface area (Å²) >= 11 is 0. The quantitative estimate of drug-likeness (QED) is 0.330. The molecule has 1 aromatic rings. The normalized spacial score (nSPS) is 17.1. The van der Waals surface area contributed by atoms with Gasteiger partial charge in [-0.3, -0.25) is 4.99 Å². The third-order valence-electron chi connectivity index (χ3n) is 5.59. The molecule has 0 unspecified atom stereocenters. The topological polar surface area (TPSA) is 74.9 Å². The molecule has 27 heavy (non-hydrogen) atoms. The van der Waals surface area contributed by atoms with Gasteiger partial charge in [-0.2, -0.15) is 0 Å². The Morgan fingerprint density at radius 1 is 1.26 bits per heavy atom. The van der Waals surface area contributed by atoms with Crippen molar-refractivity contribution in [2.24, 2.45) is 4.99 Å². The number of nitrogens with one attached hydrogen (secondary N) is 2. The molecule has 0 aromatic carbocycles. The molecule has 1 aliphatic heterocycles. The van der Waals surface area contributed by atoms with Gasteiger partial charge in [0.1, 0.15) is 0 Å². The molecule has 2 N–H and O–H groups in total. The molecule has 156 valence electrons. The maximum Gasteiger partial charge on any atom is 0.191 e. The summed E-state index contributed by atoms with van der Waals surface area (Å²) in [6.07, 6.45) is 4.20. The van der Waals surface area contributed by atoms with Crippen LogP contribution in [0.3, 0.4) is 0 Å². The van der Waals surface area contributed by atoms with Crippen LogP contribution in [0.15, 0.2) is 15.6 Å². The largest absolute Gasteiger partial charge is 0.381 e. The summed E-state index contributed by atoms with van der Waals surface area (Å²) in [5, 5.41) is 11.0. The number of halogens is 1. The number of rotatable bonds is 8. The smallest absolute Gasteiger partial charge is 0.191 e. The summed E-state index contributed by atoms with van der Waals surface area (Å²) in [5.41, 5.74) is 1.15. The molecule has 0 bridgehead atoms. The number of likely N-dealkylation sites (N-methyl/N-ethyl adjacent to an activating group) is 1. The molecule has 7 nitrogen and oxygen atoms in total. The fourth-order valence-corrected chi connectivity index (χ4v) is 3.48. The molecule has 0 atom stereocenters. The minimum Gasteiger partial charge on any atom is -0.381 e. The van der Waals surface area contributed by atoms with Crippen molar-refractivity contribution in [3.8, 4) is 0 Å². The summed E-state index contributed by atoms with van der Waals surface area (Å²) in [7, 11) is 6.06. The second-order valence-electron chi connectivity index (χ2n) is 7.24. The lowest BCUT2D eigenvalue weighted by Gasteiger charge is -2.43. The van der Waals surface area contributed by atoms with Gasteiger partial charge in [0.2, 0.25) is 0 Å². The van der Waals surface area contributed by atoms with Crippen LogP contribution in [-0.2, 0) is 11.3 Å². The van der Waals surface area contributed by atoms with E-state index in [1.165, 1.54) is 0 Å². The molecule has 0 aliphatic carbocycles. The lowest BCUT2D eigenvalue weighted by atomic mass is 9.88. The highest BCUT2D eigenvalue weighted by molar-refractivity contribution is 14.0. The Balaban J connectivity index is 0.00000364. The first-order valence-electron chi connectivity index (χ1n) is 9.69. The van der Waals surface area contributed by atoms with Crippen molar-refractivity contribution >= 4 is 29.9 Å². The SMILES string of the molecule is CCC(CC)c1cc(CNC(=NC)NCC2(N(C)C)CCOCC2)on1.I. The fourth-order valence-electron chi connectivity index (χ4n) is 3.48. The van der Waals surface area contributed by atoms with Crippen LogP contribution in [0, 0.1) is 0 Å². The van der Waals surface area contributed by atoms with Crippen molar-refractivity contribution in [3.05, 3.63) is 17.5 Å². The van der Waals surface area contributed by atoms with E-state index in [1.54, 1.807) is 7.05 Å². The molecular formula is C19H36IN5O2. The fraction of sp³-hybridized carbons (Fsp3) is 0.789. The monoisotopic (exact) mass is 493 g/mol. The lowest BCUT2D eigenvalue weighted by Crippen LogP contribution is -2.57. The van der Waals surface area contributed by atoms with Crippen molar-refractivity contribution < 1.29 is 9.26 Å². The molecule has 1 aliphatic rings. The van der Waals surface area contributed by atoms with Gasteiger partial charge in [-0.15, -0.1) is 24.0 Å². The maximum atomic E-state index is 5.53. The molecule has 1 aromatic heterocycles. The van der Waals surface area contributed by atoms with Crippen LogP contribution in [0.4, 0.5) is 0 Å². The Bertz CT molecular complexity index is 566. The van der Waals surface area contributed by atoms with E-state index in [0.717, 1.165) is 62.9 Å². The van der Waals surface area contributed by atoms with Crippen molar-refractivity contribution in [3.63, 3.8) is 0 Å². The standard InChI is InChI=1S/C19H35N5O2.HI/c1-6-15(7-2)17-12-16(26-23-17)13-21-18(20-3)22-14-19(24(4)5)8-10-25-11-9-19;/h12,15H,6-11,13-14H2,1-5H3,(H2,20,21,22);1H. The second-order valence-corrected chi connectivity index (χ2v) is 7.24. The lowest BCUT2D eigenvalue weighted by molar-refractivity contribution is -0.00501. The highest BCUT2D eigenvalue weighted by atomic mass is 127. The van der Waals surface area contributed by atoms with Crippen molar-refractivity contribution in [2.75, 3.05) is 40.9 Å². The molecule has 0 radical (unpaired) electrons. The summed E-state index contributed by atoms with van der Waals surface area (Å²) in [6, 6.07) is 2.05. The van der Waals surface area contributed by atoms with E-state index in [4.69, 9.17) is 9.26 Å². The Morgan fingerprint density at radius 3 is 2.48 bits per heavy atom. The van der Waals surface area contributed by atoms with Crippen LogP contribution in [0.2, 0.25) is 0 Å². The highest BCUT2D eigenvalue weighted by Crippen LogP contribution is 2.25. The number of nitrogens with zero attached hydrogens (tertiary/aromatic N) is 3. The summed E-state index contributed by atoms with van der Waals surface area (Å²) < 4.78 is 11.0. The number of aromatic nitrogens is 1. The van der Waals surface area contributed by atoms with Gasteiger partial charge in [0.15, 0.2) is 11.7 Å². The zero-order valence-corrected chi connectivity index (χ0v) is 19.7. The molecular weight excluding hydrogens is 457 g/mol. The third-order valence-corrected chi connectivity index (χ3v) is 5.59. The van der Waals surface area contributed by atoms with E-state index in [1.807, 2.05) is 0 Å². The zero-order chi connectivity index (χ0) is 19.0. The summed E-state index contributed by atoms with van der Waals surface area (Å²) in [5.74, 6) is 2.08. The molecule has 1 fully saturated rings. The van der Waals surface area contributed by atoms with Crippen molar-refractivity contribution in [2.45, 2.75) is 57.5 Å².